The molecule has 0 saturated carbocycles. The van der Waals surface area contributed by atoms with Crippen LogP contribution in [0.1, 0.15) is 38.5 Å². The van der Waals surface area contributed by atoms with Gasteiger partial charge in [-0.25, -0.2) is 15.0 Å². The fraction of sp³-hybridized carbons (Fsp3) is 0.833. The van der Waals surface area contributed by atoms with Crippen molar-refractivity contribution in [1.29, 1.82) is 0 Å². The molecule has 30 heavy (non-hydrogen) atoms. The number of rotatable bonds is 15. The number of aliphatic imine (C=N–C) groups is 3. The average molecular weight is 532 g/mol. The van der Waals surface area contributed by atoms with Crippen molar-refractivity contribution >= 4 is 84.5 Å². The molecule has 3 unspecified atom stereocenters. The van der Waals surface area contributed by atoms with E-state index in [-0.39, 0.29) is 0 Å². The number of isothiocyanates is 3. The molecule has 0 aliphatic heterocycles. The topological polar surface area (TPSA) is 88.3 Å². The van der Waals surface area contributed by atoms with Gasteiger partial charge < -0.3 is 0 Å². The summed E-state index contributed by atoms with van der Waals surface area (Å²) in [4.78, 5) is 11.2. The first kappa shape index (κ1) is 34.5. The number of unbranched alkanes of at least 4 members (excludes halogenated alkanes) is 3. The van der Waals surface area contributed by atoms with E-state index in [1.807, 2.05) is 0 Å². The minimum atomic E-state index is -0.659. The number of hydrogen-bond donors (Lipinski definition) is 0. The van der Waals surface area contributed by atoms with Crippen LogP contribution < -0.4 is 0 Å². The molecular weight excluding hydrogens is 499 g/mol. The summed E-state index contributed by atoms with van der Waals surface area (Å²) in [7, 11) is -1.98. The van der Waals surface area contributed by atoms with Gasteiger partial charge in [-0.1, -0.05) is 0 Å². The summed E-state index contributed by atoms with van der Waals surface area (Å²) >= 11 is 13.1. The molecule has 0 amide bonds. The molecule has 0 aromatic rings. The molecule has 0 aromatic heterocycles. The molecule has 0 aliphatic carbocycles. The Morgan fingerprint density at radius 3 is 0.933 bits per heavy atom. The fourth-order valence-corrected chi connectivity index (χ4v) is 3.73. The van der Waals surface area contributed by atoms with Crippen LogP contribution in [0.2, 0.25) is 0 Å². The zero-order valence-electron chi connectivity index (χ0n) is 18.0. The van der Waals surface area contributed by atoms with Crippen LogP contribution >= 0.6 is 36.7 Å². The normalized spacial score (nSPS) is 12.1. The number of thiocarbonyl (C=S) groups is 3. The van der Waals surface area contributed by atoms with Crippen molar-refractivity contribution in [3.05, 3.63) is 0 Å². The van der Waals surface area contributed by atoms with Gasteiger partial charge in [-0.3, -0.25) is 12.6 Å². The van der Waals surface area contributed by atoms with E-state index in [9.17, 15) is 12.6 Å². The van der Waals surface area contributed by atoms with Crippen molar-refractivity contribution in [3.8, 4) is 0 Å². The largest absolute Gasteiger partial charge is 0.260 e. The lowest BCUT2D eigenvalue weighted by atomic mass is 10.3. The van der Waals surface area contributed by atoms with Gasteiger partial charge in [0.15, 0.2) is 0 Å². The first-order valence-electron chi connectivity index (χ1n) is 9.32. The fourth-order valence-electron chi connectivity index (χ4n) is 1.63. The molecule has 0 spiro atoms. The predicted octanol–water partition coefficient (Wildman–Crippen LogP) is 3.74. The van der Waals surface area contributed by atoms with Gasteiger partial charge in [0.05, 0.1) is 15.5 Å². The van der Waals surface area contributed by atoms with E-state index >= 15 is 0 Å². The van der Waals surface area contributed by atoms with Crippen LogP contribution in [0.4, 0.5) is 0 Å². The second-order valence-corrected chi connectivity index (χ2v) is 11.1. The minimum absolute atomic E-state index is 0.659. The van der Waals surface area contributed by atoms with Crippen molar-refractivity contribution < 1.29 is 12.6 Å². The molecule has 0 fully saturated rings. The Morgan fingerprint density at radius 1 is 0.533 bits per heavy atom. The lowest BCUT2D eigenvalue weighted by Crippen LogP contribution is -1.94. The highest BCUT2D eigenvalue weighted by Gasteiger charge is 1.91. The summed E-state index contributed by atoms with van der Waals surface area (Å²) in [6.45, 7) is 2.17. The van der Waals surface area contributed by atoms with Gasteiger partial charge in [0.25, 0.3) is 0 Å². The van der Waals surface area contributed by atoms with Crippen molar-refractivity contribution in [1.82, 2.24) is 0 Å². The van der Waals surface area contributed by atoms with E-state index < -0.39 is 32.4 Å². The van der Waals surface area contributed by atoms with E-state index in [2.05, 4.69) is 67.1 Å². The summed E-state index contributed by atoms with van der Waals surface area (Å²) < 4.78 is 31.6. The first-order valence-corrected chi connectivity index (χ1v) is 15.7. The summed E-state index contributed by atoms with van der Waals surface area (Å²) in [6, 6.07) is 0. The zero-order valence-corrected chi connectivity index (χ0v) is 22.9. The Balaban J connectivity index is -0.000000364. The Morgan fingerprint density at radius 2 is 0.767 bits per heavy atom. The van der Waals surface area contributed by atoms with Gasteiger partial charge in [-0.05, 0) is 75.2 Å². The lowest BCUT2D eigenvalue weighted by molar-refractivity contribution is 0.681. The predicted molar refractivity (Wildman–Crippen MR) is 144 cm³/mol. The molecule has 0 heterocycles. The highest BCUT2D eigenvalue weighted by Crippen LogP contribution is 1.92. The molecule has 0 rings (SSSR count). The maximum absolute atomic E-state index is 10.5. The van der Waals surface area contributed by atoms with E-state index in [0.29, 0.717) is 0 Å². The average Bonchev–Trinajstić information content (AvgIpc) is 2.68. The van der Waals surface area contributed by atoms with E-state index in [0.717, 1.165) is 75.4 Å². The van der Waals surface area contributed by atoms with E-state index in [1.54, 1.807) is 18.8 Å². The summed E-state index contributed by atoms with van der Waals surface area (Å²) in [6.07, 6.45) is 10.9. The third-order valence-electron chi connectivity index (χ3n) is 3.05. The monoisotopic (exact) mass is 531 g/mol. The standard InChI is InChI=1S/3C6H11NOS2/c3*1-10(8)5-3-2-4-7-6-9/h3*2-5H2,1H3. The zero-order chi connectivity index (χ0) is 23.5. The van der Waals surface area contributed by atoms with Gasteiger partial charge in [0.1, 0.15) is 0 Å². The van der Waals surface area contributed by atoms with Gasteiger partial charge in [-0.2, -0.15) is 0 Å². The smallest absolute Gasteiger partial charge is 0.0584 e. The third kappa shape index (κ3) is 46.2. The number of hydrogen-bond acceptors (Lipinski definition) is 9. The summed E-state index contributed by atoms with van der Waals surface area (Å²) in [5.41, 5.74) is 0. The van der Waals surface area contributed by atoms with Crippen molar-refractivity contribution in [3.63, 3.8) is 0 Å². The van der Waals surface area contributed by atoms with Crippen molar-refractivity contribution in [2.75, 3.05) is 55.7 Å². The van der Waals surface area contributed by atoms with Gasteiger partial charge in [0.2, 0.25) is 0 Å². The Kier molecular flexibility index (Phi) is 35.7. The van der Waals surface area contributed by atoms with Gasteiger partial charge in [0, 0.05) is 88.1 Å². The Bertz CT molecular complexity index is 529. The molecule has 0 bridgehead atoms. The second-order valence-electron chi connectivity index (χ2n) is 5.87. The third-order valence-corrected chi connectivity index (χ3v) is 6.03. The molecule has 0 N–H and O–H groups in total. The van der Waals surface area contributed by atoms with Crippen molar-refractivity contribution in [2.24, 2.45) is 15.0 Å². The highest BCUT2D eigenvalue weighted by atomic mass is 32.2. The quantitative estimate of drug-likeness (QED) is 0.182. The molecular formula is C18H33N3O3S6. The molecule has 174 valence electrons. The molecule has 3 atom stereocenters. The van der Waals surface area contributed by atoms with Gasteiger partial charge in [-0.15, -0.1) is 0 Å². The van der Waals surface area contributed by atoms with Crippen LogP contribution in [0.15, 0.2) is 15.0 Å². The van der Waals surface area contributed by atoms with E-state index in [1.165, 1.54) is 0 Å². The van der Waals surface area contributed by atoms with Crippen LogP contribution in [0.5, 0.6) is 0 Å². The van der Waals surface area contributed by atoms with Crippen molar-refractivity contribution in [2.45, 2.75) is 38.5 Å². The van der Waals surface area contributed by atoms with Crippen LogP contribution in [-0.2, 0) is 32.4 Å². The maximum atomic E-state index is 10.5. The minimum Gasteiger partial charge on any atom is -0.260 e. The maximum Gasteiger partial charge on any atom is 0.0584 e. The molecule has 0 aliphatic rings. The Hall–Kier alpha value is -0.150. The molecule has 12 heteroatoms. The second kappa shape index (κ2) is 31.0. The van der Waals surface area contributed by atoms with Crippen LogP contribution in [0.25, 0.3) is 0 Å². The molecule has 0 radical (unpaired) electrons. The summed E-state index contributed by atoms with van der Waals surface area (Å²) in [5.74, 6) is 2.31. The van der Waals surface area contributed by atoms with E-state index in [4.69, 9.17) is 0 Å². The van der Waals surface area contributed by atoms with Crippen LogP contribution in [0.3, 0.4) is 0 Å². The number of nitrogens with zero attached hydrogens (tertiary/aromatic N) is 3. The molecule has 0 aromatic carbocycles. The van der Waals surface area contributed by atoms with Gasteiger partial charge >= 0.3 is 0 Å². The molecule has 6 nitrogen and oxygen atoms in total. The van der Waals surface area contributed by atoms with Crippen LogP contribution in [-0.4, -0.2) is 83.8 Å². The molecule has 0 saturated heterocycles. The highest BCUT2D eigenvalue weighted by molar-refractivity contribution is 7.84. The SMILES string of the molecule is CS(=O)CCCCN=C=S.CS(=O)CCCCN=C=S.CS(=O)CCCCN=C=S. The Labute approximate surface area is 205 Å². The van der Waals surface area contributed by atoms with Crippen LogP contribution in [0, 0.1) is 0 Å². The first-order chi connectivity index (χ1) is 14.3. The lowest BCUT2D eigenvalue weighted by Gasteiger charge is -1.92. The summed E-state index contributed by atoms with van der Waals surface area (Å²) in [5, 5.41) is 6.86.